The summed E-state index contributed by atoms with van der Waals surface area (Å²) < 4.78 is 0. The zero-order valence-electron chi connectivity index (χ0n) is 11.6. The van der Waals surface area contributed by atoms with Crippen LogP contribution in [0, 0.1) is 24.7 Å². The van der Waals surface area contributed by atoms with Gasteiger partial charge in [-0.2, -0.15) is 0 Å². The molecule has 1 aliphatic heterocycles. The monoisotopic (exact) mass is 273 g/mol. The second-order valence-corrected chi connectivity index (χ2v) is 5.14. The number of aryl methyl sites for hydroxylation is 1. The highest BCUT2D eigenvalue weighted by atomic mass is 16.3. The molecular weight excluding hydrogens is 254 g/mol. The number of benzene rings is 1. The van der Waals surface area contributed by atoms with E-state index in [1.54, 1.807) is 11.0 Å². The third-order valence-corrected chi connectivity index (χ3v) is 3.47. The van der Waals surface area contributed by atoms with Crippen LogP contribution < -0.4 is 0 Å². The lowest BCUT2D eigenvalue weighted by Gasteiger charge is -2.16. The molecule has 1 aliphatic rings. The molecule has 2 N–H and O–H groups in total. The predicted molar refractivity (Wildman–Crippen MR) is 76.2 cm³/mol. The second-order valence-electron chi connectivity index (χ2n) is 5.14. The maximum atomic E-state index is 12.4. The van der Waals surface area contributed by atoms with E-state index in [0.29, 0.717) is 18.7 Å². The Kier molecular flexibility index (Phi) is 4.78. The van der Waals surface area contributed by atoms with Crippen LogP contribution in [0.5, 0.6) is 0 Å². The summed E-state index contributed by atoms with van der Waals surface area (Å²) >= 11 is 0. The number of hydrogen-bond donors (Lipinski definition) is 2. The average Bonchev–Trinajstić information content (AvgIpc) is 2.92. The highest BCUT2D eigenvalue weighted by Gasteiger charge is 2.26. The van der Waals surface area contributed by atoms with Crippen LogP contribution in [0.3, 0.4) is 0 Å². The maximum absolute atomic E-state index is 12.4. The molecule has 0 bridgehead atoms. The first-order valence-electron chi connectivity index (χ1n) is 6.75. The molecule has 0 spiro atoms. The Hall–Kier alpha value is -1.83. The predicted octanol–water partition coefficient (Wildman–Crippen LogP) is 0.793. The zero-order chi connectivity index (χ0) is 14.5. The van der Waals surface area contributed by atoms with Gasteiger partial charge in [0.25, 0.3) is 5.91 Å². The van der Waals surface area contributed by atoms with Gasteiger partial charge in [0.15, 0.2) is 0 Å². The summed E-state index contributed by atoms with van der Waals surface area (Å²) in [5.74, 6) is 5.60. The van der Waals surface area contributed by atoms with E-state index < -0.39 is 0 Å². The largest absolute Gasteiger partial charge is 0.396 e. The van der Waals surface area contributed by atoms with Gasteiger partial charge in [0.05, 0.1) is 0 Å². The van der Waals surface area contributed by atoms with Crippen LogP contribution in [-0.2, 0) is 0 Å². The lowest BCUT2D eigenvalue weighted by atomic mass is 10.1. The number of carbonyl (C=O) groups is 1. The van der Waals surface area contributed by atoms with Gasteiger partial charge in [-0.1, -0.05) is 11.8 Å². The van der Waals surface area contributed by atoms with E-state index in [4.69, 9.17) is 10.2 Å². The minimum atomic E-state index is -0.193. The van der Waals surface area contributed by atoms with Crippen molar-refractivity contribution in [3.8, 4) is 11.8 Å². The van der Waals surface area contributed by atoms with E-state index in [0.717, 1.165) is 17.5 Å². The van der Waals surface area contributed by atoms with Gasteiger partial charge in [-0.15, -0.1) is 0 Å². The van der Waals surface area contributed by atoms with E-state index in [1.807, 2.05) is 19.1 Å². The summed E-state index contributed by atoms with van der Waals surface area (Å²) in [5.41, 5.74) is 2.32. The van der Waals surface area contributed by atoms with Gasteiger partial charge in [-0.3, -0.25) is 4.79 Å². The molecule has 1 aromatic carbocycles. The van der Waals surface area contributed by atoms with Crippen molar-refractivity contribution in [1.29, 1.82) is 0 Å². The SMILES string of the molecule is Cc1cc(C#CCO)cc(C(=O)N2CCC(CO)C2)c1. The van der Waals surface area contributed by atoms with Crippen LogP contribution in [0.1, 0.15) is 27.9 Å². The van der Waals surface area contributed by atoms with Crippen molar-refractivity contribution in [3.05, 3.63) is 34.9 Å². The minimum absolute atomic E-state index is 0.0169. The lowest BCUT2D eigenvalue weighted by molar-refractivity contribution is 0.0781. The zero-order valence-corrected chi connectivity index (χ0v) is 11.6. The Balaban J connectivity index is 2.19. The van der Waals surface area contributed by atoms with Crippen LogP contribution in [0.15, 0.2) is 18.2 Å². The molecule has 1 fully saturated rings. The number of nitrogens with zero attached hydrogens (tertiary/aromatic N) is 1. The topological polar surface area (TPSA) is 60.8 Å². The summed E-state index contributed by atoms with van der Waals surface area (Å²) in [6.07, 6.45) is 0.852. The van der Waals surface area contributed by atoms with E-state index in [9.17, 15) is 4.79 Å². The molecule has 0 aromatic heterocycles. The molecular formula is C16H19NO3. The smallest absolute Gasteiger partial charge is 0.253 e. The van der Waals surface area contributed by atoms with Gasteiger partial charge in [-0.25, -0.2) is 0 Å². The lowest BCUT2D eigenvalue weighted by Crippen LogP contribution is -2.29. The number of aliphatic hydroxyl groups excluding tert-OH is 2. The molecule has 0 saturated carbocycles. The first-order chi connectivity index (χ1) is 9.63. The molecule has 4 heteroatoms. The van der Waals surface area contributed by atoms with Crippen LogP contribution >= 0.6 is 0 Å². The Labute approximate surface area is 119 Å². The number of amides is 1. The molecule has 1 unspecified atom stereocenters. The van der Waals surface area contributed by atoms with Crippen LogP contribution in [0.4, 0.5) is 0 Å². The maximum Gasteiger partial charge on any atom is 0.253 e. The molecule has 106 valence electrons. The van der Waals surface area contributed by atoms with E-state index in [-0.39, 0.29) is 25.0 Å². The Morgan fingerprint density at radius 3 is 2.85 bits per heavy atom. The van der Waals surface area contributed by atoms with Gasteiger partial charge < -0.3 is 15.1 Å². The van der Waals surface area contributed by atoms with Gasteiger partial charge in [-0.05, 0) is 37.1 Å². The average molecular weight is 273 g/mol. The van der Waals surface area contributed by atoms with Crippen molar-refractivity contribution < 1.29 is 15.0 Å². The summed E-state index contributed by atoms with van der Waals surface area (Å²) in [4.78, 5) is 14.2. The first kappa shape index (κ1) is 14.6. The van der Waals surface area contributed by atoms with Crippen LogP contribution in [-0.4, -0.2) is 47.3 Å². The van der Waals surface area contributed by atoms with Gasteiger partial charge >= 0.3 is 0 Å². The fourth-order valence-corrected chi connectivity index (χ4v) is 2.47. The molecule has 1 amide bonds. The Bertz CT molecular complexity index is 557. The standard InChI is InChI=1S/C16H19NO3/c1-12-7-13(3-2-6-18)9-15(8-12)16(20)17-5-4-14(10-17)11-19/h7-9,14,18-19H,4-6,10-11H2,1H3. The third kappa shape index (κ3) is 3.38. The molecule has 20 heavy (non-hydrogen) atoms. The molecule has 1 saturated heterocycles. The summed E-state index contributed by atoms with van der Waals surface area (Å²) in [6.45, 7) is 3.16. The van der Waals surface area contributed by atoms with Crippen molar-refractivity contribution in [2.75, 3.05) is 26.3 Å². The number of hydrogen-bond acceptors (Lipinski definition) is 3. The first-order valence-corrected chi connectivity index (χ1v) is 6.75. The minimum Gasteiger partial charge on any atom is -0.396 e. The molecule has 1 atom stereocenters. The van der Waals surface area contributed by atoms with Gasteiger partial charge in [0.2, 0.25) is 0 Å². The number of aliphatic hydroxyl groups is 2. The molecule has 4 nitrogen and oxygen atoms in total. The summed E-state index contributed by atoms with van der Waals surface area (Å²) in [5, 5.41) is 17.9. The van der Waals surface area contributed by atoms with E-state index >= 15 is 0 Å². The number of likely N-dealkylation sites (tertiary alicyclic amines) is 1. The molecule has 2 rings (SSSR count). The van der Waals surface area contributed by atoms with Crippen molar-refractivity contribution in [2.24, 2.45) is 5.92 Å². The quantitative estimate of drug-likeness (QED) is 0.783. The number of carbonyl (C=O) groups excluding carboxylic acids is 1. The van der Waals surface area contributed by atoms with Gasteiger partial charge in [0.1, 0.15) is 6.61 Å². The Morgan fingerprint density at radius 2 is 2.20 bits per heavy atom. The fraction of sp³-hybridized carbons (Fsp3) is 0.438. The third-order valence-electron chi connectivity index (χ3n) is 3.47. The molecule has 1 heterocycles. The van der Waals surface area contributed by atoms with Crippen LogP contribution in [0.2, 0.25) is 0 Å². The molecule has 0 aliphatic carbocycles. The van der Waals surface area contributed by atoms with E-state index in [1.165, 1.54) is 0 Å². The normalized spacial score (nSPS) is 17.8. The van der Waals surface area contributed by atoms with Crippen molar-refractivity contribution in [1.82, 2.24) is 4.90 Å². The Morgan fingerprint density at radius 1 is 1.40 bits per heavy atom. The summed E-state index contributed by atoms with van der Waals surface area (Å²) in [6, 6.07) is 5.49. The second kappa shape index (κ2) is 6.56. The molecule has 1 aromatic rings. The van der Waals surface area contributed by atoms with Crippen molar-refractivity contribution >= 4 is 5.91 Å². The highest BCUT2D eigenvalue weighted by molar-refractivity contribution is 5.95. The molecule has 0 radical (unpaired) electrons. The van der Waals surface area contributed by atoms with Crippen molar-refractivity contribution in [2.45, 2.75) is 13.3 Å². The number of rotatable bonds is 2. The fourth-order valence-electron chi connectivity index (χ4n) is 2.47. The van der Waals surface area contributed by atoms with E-state index in [2.05, 4.69) is 11.8 Å². The van der Waals surface area contributed by atoms with Gasteiger partial charge in [0, 0.05) is 36.7 Å². The summed E-state index contributed by atoms with van der Waals surface area (Å²) in [7, 11) is 0. The van der Waals surface area contributed by atoms with Crippen LogP contribution in [0.25, 0.3) is 0 Å². The van der Waals surface area contributed by atoms with Crippen molar-refractivity contribution in [3.63, 3.8) is 0 Å². The highest BCUT2D eigenvalue weighted by Crippen LogP contribution is 2.19.